The van der Waals surface area contributed by atoms with Gasteiger partial charge in [-0.2, -0.15) is 0 Å². The molecule has 1 aromatic rings. The van der Waals surface area contributed by atoms with Crippen molar-refractivity contribution in [3.63, 3.8) is 0 Å². The molecule has 21 heavy (non-hydrogen) atoms. The monoisotopic (exact) mass is 350 g/mol. The van der Waals surface area contributed by atoms with Gasteiger partial charge in [0.15, 0.2) is 0 Å². The quantitative estimate of drug-likeness (QED) is 0.902. The topological polar surface area (TPSA) is 46.3 Å². The maximum absolute atomic E-state index is 12.6. The molecule has 0 saturated carbocycles. The molecule has 0 aliphatic carbocycles. The Bertz CT molecular complexity index is 524. The van der Waals surface area contributed by atoms with Gasteiger partial charge in [-0.25, -0.2) is 0 Å². The maximum atomic E-state index is 12.6. The lowest BCUT2D eigenvalue weighted by Crippen LogP contribution is -2.36. The van der Waals surface area contributed by atoms with Crippen molar-refractivity contribution < 1.29 is 4.79 Å². The van der Waals surface area contributed by atoms with Gasteiger partial charge >= 0.3 is 0 Å². The van der Waals surface area contributed by atoms with Crippen molar-refractivity contribution >= 4 is 41.5 Å². The Hall–Kier alpha value is -0.480. The van der Waals surface area contributed by atoms with Crippen LogP contribution in [0.2, 0.25) is 10.0 Å². The van der Waals surface area contributed by atoms with Gasteiger partial charge in [0.05, 0.1) is 16.0 Å². The molecule has 2 N–H and O–H groups in total. The second kappa shape index (κ2) is 7.19. The minimum atomic E-state index is -0.218. The fraction of sp³-hybridized carbons (Fsp3) is 0.533. The molecule has 3 nitrogen and oxygen atoms in total. The first kappa shape index (κ1) is 18.6. The Kier molecular flexibility index (Phi) is 6.36. The van der Waals surface area contributed by atoms with Crippen molar-refractivity contribution in [3.8, 4) is 0 Å². The van der Waals surface area contributed by atoms with E-state index < -0.39 is 0 Å². The summed E-state index contributed by atoms with van der Waals surface area (Å²) >= 11 is 11.9. The summed E-state index contributed by atoms with van der Waals surface area (Å²) in [5.74, 6) is -0.0922. The molecule has 0 spiro atoms. The summed E-state index contributed by atoms with van der Waals surface area (Å²) < 4.78 is 0. The normalized spacial score (nSPS) is 22.8. The lowest BCUT2D eigenvalue weighted by Gasteiger charge is -2.25. The average molecular weight is 352 g/mol. The van der Waals surface area contributed by atoms with Gasteiger partial charge in [0, 0.05) is 13.1 Å². The predicted octanol–water partition coefficient (Wildman–Crippen LogP) is 3.72. The number of nitrogens with two attached hydrogens (primary N) is 1. The first-order valence-electron chi connectivity index (χ1n) is 6.80. The number of halogens is 3. The van der Waals surface area contributed by atoms with E-state index in [0.717, 1.165) is 25.1 Å². The molecule has 118 valence electrons. The van der Waals surface area contributed by atoms with Crippen LogP contribution in [0.25, 0.3) is 0 Å². The number of nitrogens with zero attached hydrogens (tertiary/aromatic N) is 1. The van der Waals surface area contributed by atoms with Crippen LogP contribution in [-0.2, 0) is 4.79 Å². The fourth-order valence-electron chi connectivity index (χ4n) is 2.58. The Morgan fingerprint density at radius 1 is 1.43 bits per heavy atom. The molecule has 2 rings (SSSR count). The number of carbonyl (C=O) groups is 1. The fourth-order valence-corrected chi connectivity index (χ4v) is 2.88. The van der Waals surface area contributed by atoms with Crippen LogP contribution in [0.5, 0.6) is 0 Å². The largest absolute Gasteiger partial charge is 0.342 e. The molecule has 1 aliphatic rings. The summed E-state index contributed by atoms with van der Waals surface area (Å²) in [6, 6.07) is 5.36. The molecular weight excluding hydrogens is 331 g/mol. The second-order valence-electron chi connectivity index (χ2n) is 5.92. The predicted molar refractivity (Wildman–Crippen MR) is 90.5 cm³/mol. The highest BCUT2D eigenvalue weighted by atomic mass is 35.5. The minimum Gasteiger partial charge on any atom is -0.342 e. The lowest BCUT2D eigenvalue weighted by atomic mass is 9.90. The first-order valence-corrected chi connectivity index (χ1v) is 7.56. The van der Waals surface area contributed by atoms with Gasteiger partial charge in [-0.1, -0.05) is 36.2 Å². The van der Waals surface area contributed by atoms with Crippen LogP contribution in [0.3, 0.4) is 0 Å². The lowest BCUT2D eigenvalue weighted by molar-refractivity contribution is -0.131. The standard InChI is InChI=1S/C15H20Cl2N2O.ClH/c1-10(11-3-4-12(16)13(17)7-11)14(20)19-6-5-15(2,8-18)9-19;/h3-4,7,10H,5-6,8-9,18H2,1-2H3;1H. The molecular formula is C15H21Cl3N2O. The van der Waals surface area contributed by atoms with E-state index in [1.165, 1.54) is 0 Å². The summed E-state index contributed by atoms with van der Waals surface area (Å²) in [5.41, 5.74) is 6.73. The minimum absolute atomic E-state index is 0. The number of hydrogen-bond donors (Lipinski definition) is 1. The molecule has 1 heterocycles. The van der Waals surface area contributed by atoms with Gasteiger partial charge in [-0.3, -0.25) is 4.79 Å². The van der Waals surface area contributed by atoms with E-state index in [9.17, 15) is 4.79 Å². The van der Waals surface area contributed by atoms with Crippen LogP contribution in [0.1, 0.15) is 31.7 Å². The molecule has 6 heteroatoms. The highest BCUT2D eigenvalue weighted by Gasteiger charge is 2.36. The summed E-state index contributed by atoms with van der Waals surface area (Å²) in [5, 5.41) is 0.990. The van der Waals surface area contributed by atoms with Crippen molar-refractivity contribution in [2.45, 2.75) is 26.2 Å². The van der Waals surface area contributed by atoms with E-state index in [4.69, 9.17) is 28.9 Å². The van der Waals surface area contributed by atoms with Crippen molar-refractivity contribution in [2.75, 3.05) is 19.6 Å². The van der Waals surface area contributed by atoms with E-state index >= 15 is 0 Å². The van der Waals surface area contributed by atoms with E-state index in [-0.39, 0.29) is 29.6 Å². The van der Waals surface area contributed by atoms with Crippen LogP contribution in [-0.4, -0.2) is 30.4 Å². The van der Waals surface area contributed by atoms with Crippen molar-refractivity contribution in [3.05, 3.63) is 33.8 Å². The third kappa shape index (κ3) is 4.04. The van der Waals surface area contributed by atoms with Crippen molar-refractivity contribution in [1.29, 1.82) is 0 Å². The van der Waals surface area contributed by atoms with Crippen LogP contribution in [0.4, 0.5) is 0 Å². The molecule has 1 aromatic carbocycles. The van der Waals surface area contributed by atoms with Gasteiger partial charge in [-0.15, -0.1) is 12.4 Å². The molecule has 2 atom stereocenters. The van der Waals surface area contributed by atoms with Crippen LogP contribution >= 0.6 is 35.6 Å². The number of likely N-dealkylation sites (tertiary alicyclic amines) is 1. The smallest absolute Gasteiger partial charge is 0.229 e. The number of benzene rings is 1. The zero-order chi connectivity index (χ0) is 14.9. The Labute approximate surface area is 142 Å². The molecule has 1 saturated heterocycles. The summed E-state index contributed by atoms with van der Waals surface area (Å²) in [7, 11) is 0. The van der Waals surface area contributed by atoms with E-state index in [2.05, 4.69) is 6.92 Å². The molecule has 0 aromatic heterocycles. The zero-order valence-corrected chi connectivity index (χ0v) is 14.6. The summed E-state index contributed by atoms with van der Waals surface area (Å²) in [4.78, 5) is 14.5. The average Bonchev–Trinajstić information content (AvgIpc) is 2.83. The third-order valence-electron chi connectivity index (χ3n) is 4.18. The van der Waals surface area contributed by atoms with E-state index in [0.29, 0.717) is 16.6 Å². The van der Waals surface area contributed by atoms with E-state index in [1.54, 1.807) is 12.1 Å². The highest BCUT2D eigenvalue weighted by Crippen LogP contribution is 2.32. The van der Waals surface area contributed by atoms with Gasteiger partial charge in [0.1, 0.15) is 0 Å². The molecule has 1 fully saturated rings. The zero-order valence-electron chi connectivity index (χ0n) is 12.2. The number of hydrogen-bond acceptors (Lipinski definition) is 2. The van der Waals surface area contributed by atoms with Gasteiger partial charge in [0.2, 0.25) is 5.91 Å². The Morgan fingerprint density at radius 2 is 2.10 bits per heavy atom. The Balaban J connectivity index is 0.00000220. The van der Waals surface area contributed by atoms with Crippen LogP contribution in [0.15, 0.2) is 18.2 Å². The molecule has 1 amide bonds. The van der Waals surface area contributed by atoms with Crippen molar-refractivity contribution in [2.24, 2.45) is 11.1 Å². The molecule has 2 unspecified atom stereocenters. The number of carbonyl (C=O) groups excluding carboxylic acids is 1. The summed E-state index contributed by atoms with van der Waals surface area (Å²) in [6.45, 7) is 6.15. The first-order chi connectivity index (χ1) is 9.36. The van der Waals surface area contributed by atoms with Gasteiger partial charge in [0.25, 0.3) is 0 Å². The number of amides is 1. The molecule has 1 aliphatic heterocycles. The van der Waals surface area contributed by atoms with Gasteiger partial charge < -0.3 is 10.6 Å². The molecule has 0 radical (unpaired) electrons. The van der Waals surface area contributed by atoms with Crippen molar-refractivity contribution in [1.82, 2.24) is 4.90 Å². The van der Waals surface area contributed by atoms with E-state index in [1.807, 2.05) is 17.9 Å². The van der Waals surface area contributed by atoms with Crippen LogP contribution in [0, 0.1) is 5.41 Å². The summed E-state index contributed by atoms with van der Waals surface area (Å²) in [6.07, 6.45) is 0.962. The highest BCUT2D eigenvalue weighted by molar-refractivity contribution is 6.42. The molecule has 0 bridgehead atoms. The third-order valence-corrected chi connectivity index (χ3v) is 4.92. The van der Waals surface area contributed by atoms with Crippen LogP contribution < -0.4 is 5.73 Å². The Morgan fingerprint density at radius 3 is 2.62 bits per heavy atom. The SMILES string of the molecule is CC(C(=O)N1CCC(C)(CN)C1)c1ccc(Cl)c(Cl)c1.Cl. The van der Waals surface area contributed by atoms with Gasteiger partial charge in [-0.05, 0) is 43.0 Å². The number of rotatable bonds is 3. The second-order valence-corrected chi connectivity index (χ2v) is 6.73. The maximum Gasteiger partial charge on any atom is 0.229 e.